The van der Waals surface area contributed by atoms with Gasteiger partial charge in [-0.05, 0) is 44.4 Å². The first-order chi connectivity index (χ1) is 15.2. The molecular weight excluding hydrogens is 440 g/mol. The molecule has 166 valence electrons. The first-order valence-electron chi connectivity index (χ1n) is 10.4. The van der Waals surface area contributed by atoms with Crippen molar-refractivity contribution in [1.82, 2.24) is 9.47 Å². The van der Waals surface area contributed by atoms with Crippen LogP contribution in [0.2, 0.25) is 0 Å². The first-order valence-corrected chi connectivity index (χ1v) is 11.6. The average molecular weight is 467 g/mol. The summed E-state index contributed by atoms with van der Waals surface area (Å²) in [6.45, 7) is 8.23. The number of aromatic nitrogens is 1. The Hall–Kier alpha value is -2.89. The number of amides is 1. The number of carbonyl (C=O) groups is 1. The molecule has 1 amide bonds. The summed E-state index contributed by atoms with van der Waals surface area (Å²) >= 11 is 6.69. The second-order valence-corrected chi connectivity index (χ2v) is 9.56. The Balaban J connectivity index is 2.09. The van der Waals surface area contributed by atoms with Crippen LogP contribution in [0.25, 0.3) is 6.08 Å². The largest absolute Gasteiger partial charge is 0.367 e. The van der Waals surface area contributed by atoms with Gasteiger partial charge in [-0.15, -0.1) is 0 Å². The molecule has 1 aromatic heterocycles. The standard InChI is InChI=1S/C24H26N4O2S2/c1-6-15(3)28-23(30)20(32-24(28)31)11-18-16(4)19(12-25)22(29)27(5)21(18)26-13-17-9-7-14(2)8-10-17/h7-11,15,26H,6,13H2,1-5H3/b20-11-. The molecule has 1 fully saturated rings. The van der Waals surface area contributed by atoms with Crippen molar-refractivity contribution in [3.63, 3.8) is 0 Å². The number of rotatable bonds is 6. The molecule has 32 heavy (non-hydrogen) atoms. The number of aryl methyl sites for hydroxylation is 1. The Kier molecular flexibility index (Phi) is 7.22. The van der Waals surface area contributed by atoms with Gasteiger partial charge in [0.25, 0.3) is 11.5 Å². The van der Waals surface area contributed by atoms with Crippen LogP contribution in [-0.2, 0) is 18.4 Å². The molecule has 2 aromatic rings. The summed E-state index contributed by atoms with van der Waals surface area (Å²) in [4.78, 5) is 27.9. The van der Waals surface area contributed by atoms with Gasteiger partial charge in [-0.25, -0.2) is 0 Å². The van der Waals surface area contributed by atoms with Crippen molar-refractivity contribution in [2.45, 2.75) is 46.7 Å². The normalized spacial score (nSPS) is 15.9. The van der Waals surface area contributed by atoms with Crippen LogP contribution in [0, 0.1) is 25.2 Å². The van der Waals surface area contributed by atoms with Crippen LogP contribution in [0.3, 0.4) is 0 Å². The molecule has 0 saturated carbocycles. The van der Waals surface area contributed by atoms with Gasteiger partial charge in [0.2, 0.25) is 0 Å². The summed E-state index contributed by atoms with van der Waals surface area (Å²) < 4.78 is 1.95. The molecule has 1 saturated heterocycles. The summed E-state index contributed by atoms with van der Waals surface area (Å²) in [5.74, 6) is 0.409. The lowest BCUT2D eigenvalue weighted by Crippen LogP contribution is -2.36. The number of nitriles is 1. The van der Waals surface area contributed by atoms with Crippen molar-refractivity contribution in [2.75, 3.05) is 5.32 Å². The number of hydrogen-bond donors (Lipinski definition) is 1. The first kappa shape index (κ1) is 23.8. The molecule has 0 spiro atoms. The lowest BCUT2D eigenvalue weighted by atomic mass is 10.0. The fraction of sp³-hybridized carbons (Fsp3) is 0.333. The van der Waals surface area contributed by atoms with Gasteiger partial charge < -0.3 is 5.32 Å². The van der Waals surface area contributed by atoms with Crippen molar-refractivity contribution in [2.24, 2.45) is 7.05 Å². The Morgan fingerprint density at radius 3 is 2.50 bits per heavy atom. The van der Waals surface area contributed by atoms with E-state index in [2.05, 4.69) is 5.32 Å². The third-order valence-corrected chi connectivity index (χ3v) is 7.04. The summed E-state index contributed by atoms with van der Waals surface area (Å²) in [5, 5.41) is 12.9. The van der Waals surface area contributed by atoms with E-state index in [1.54, 1.807) is 24.9 Å². The van der Waals surface area contributed by atoms with Gasteiger partial charge in [0.15, 0.2) is 0 Å². The van der Waals surface area contributed by atoms with E-state index in [4.69, 9.17) is 12.2 Å². The number of benzene rings is 1. The van der Waals surface area contributed by atoms with Crippen molar-refractivity contribution in [1.29, 1.82) is 5.26 Å². The van der Waals surface area contributed by atoms with Crippen molar-refractivity contribution < 1.29 is 4.79 Å². The summed E-state index contributed by atoms with van der Waals surface area (Å²) in [5.41, 5.74) is 3.09. The van der Waals surface area contributed by atoms with E-state index in [-0.39, 0.29) is 23.1 Å². The number of thioether (sulfide) groups is 1. The van der Waals surface area contributed by atoms with Crippen LogP contribution in [0.5, 0.6) is 0 Å². The van der Waals surface area contributed by atoms with E-state index in [0.29, 0.717) is 32.7 Å². The zero-order valence-electron chi connectivity index (χ0n) is 18.9. The zero-order valence-corrected chi connectivity index (χ0v) is 20.5. The minimum absolute atomic E-state index is 0.00317. The van der Waals surface area contributed by atoms with Gasteiger partial charge in [-0.1, -0.05) is 60.7 Å². The predicted octanol–water partition coefficient (Wildman–Crippen LogP) is 4.49. The SMILES string of the molecule is CCC(C)N1C(=O)/C(=C/c2c(C)c(C#N)c(=O)n(C)c2NCc2ccc(C)cc2)SC1=S. The molecule has 6 nitrogen and oxygen atoms in total. The molecule has 1 aromatic carbocycles. The fourth-order valence-corrected chi connectivity index (χ4v) is 4.95. The van der Waals surface area contributed by atoms with Crippen LogP contribution >= 0.6 is 24.0 Å². The number of nitrogens with one attached hydrogen (secondary N) is 1. The number of hydrogen-bond acceptors (Lipinski definition) is 6. The van der Waals surface area contributed by atoms with E-state index in [1.165, 1.54) is 21.9 Å². The van der Waals surface area contributed by atoms with Crippen LogP contribution < -0.4 is 10.9 Å². The fourth-order valence-electron chi connectivity index (χ4n) is 3.51. The van der Waals surface area contributed by atoms with Gasteiger partial charge in [0.05, 0.1) is 4.91 Å². The molecule has 0 aliphatic carbocycles. The number of pyridine rings is 1. The van der Waals surface area contributed by atoms with Crippen LogP contribution in [-0.4, -0.2) is 25.7 Å². The Morgan fingerprint density at radius 2 is 1.91 bits per heavy atom. The van der Waals surface area contributed by atoms with Crippen molar-refractivity contribution in [3.8, 4) is 6.07 Å². The van der Waals surface area contributed by atoms with Crippen LogP contribution in [0.15, 0.2) is 34.0 Å². The molecule has 8 heteroatoms. The highest BCUT2D eigenvalue weighted by Crippen LogP contribution is 2.36. The molecule has 3 rings (SSSR count). The molecule has 2 heterocycles. The molecule has 0 bridgehead atoms. The molecule has 1 N–H and O–H groups in total. The van der Waals surface area contributed by atoms with Crippen LogP contribution in [0.4, 0.5) is 5.82 Å². The maximum absolute atomic E-state index is 13.1. The Labute approximate surface area is 197 Å². The molecule has 1 aliphatic heterocycles. The van der Waals surface area contributed by atoms with E-state index in [0.717, 1.165) is 12.0 Å². The monoisotopic (exact) mass is 466 g/mol. The number of nitrogens with zero attached hydrogens (tertiary/aromatic N) is 3. The molecule has 0 radical (unpaired) electrons. The van der Waals surface area contributed by atoms with E-state index in [1.807, 2.05) is 51.1 Å². The maximum Gasteiger partial charge on any atom is 0.270 e. The van der Waals surface area contributed by atoms with Gasteiger partial charge in [0, 0.05) is 25.2 Å². The van der Waals surface area contributed by atoms with E-state index < -0.39 is 0 Å². The lowest BCUT2D eigenvalue weighted by molar-refractivity contribution is -0.123. The summed E-state index contributed by atoms with van der Waals surface area (Å²) in [6, 6.07) is 10.1. The molecule has 1 unspecified atom stereocenters. The maximum atomic E-state index is 13.1. The molecule has 1 aliphatic rings. The molecular formula is C24H26N4O2S2. The van der Waals surface area contributed by atoms with Crippen molar-refractivity contribution >= 4 is 46.1 Å². The van der Waals surface area contributed by atoms with Gasteiger partial charge >= 0.3 is 0 Å². The quantitative estimate of drug-likeness (QED) is 0.499. The number of carbonyl (C=O) groups excluding carboxylic acids is 1. The second-order valence-electron chi connectivity index (χ2n) is 7.89. The van der Waals surface area contributed by atoms with Crippen molar-refractivity contribution in [3.05, 3.63) is 67.3 Å². The summed E-state index contributed by atoms with van der Waals surface area (Å²) in [6.07, 6.45) is 2.54. The highest BCUT2D eigenvalue weighted by Gasteiger charge is 2.35. The van der Waals surface area contributed by atoms with Gasteiger partial charge in [-0.3, -0.25) is 19.1 Å². The van der Waals surface area contributed by atoms with Crippen LogP contribution in [0.1, 0.15) is 48.1 Å². The third kappa shape index (κ3) is 4.50. The Morgan fingerprint density at radius 1 is 1.25 bits per heavy atom. The van der Waals surface area contributed by atoms with Gasteiger partial charge in [0.1, 0.15) is 21.8 Å². The second kappa shape index (κ2) is 9.72. The minimum atomic E-state index is -0.374. The minimum Gasteiger partial charge on any atom is -0.367 e. The zero-order chi connectivity index (χ0) is 23.6. The number of anilines is 1. The third-order valence-electron chi connectivity index (χ3n) is 5.71. The van der Waals surface area contributed by atoms with E-state index >= 15 is 0 Å². The highest BCUT2D eigenvalue weighted by molar-refractivity contribution is 8.26. The van der Waals surface area contributed by atoms with Gasteiger partial charge in [-0.2, -0.15) is 5.26 Å². The lowest BCUT2D eigenvalue weighted by Gasteiger charge is -2.21. The summed E-state index contributed by atoms with van der Waals surface area (Å²) in [7, 11) is 1.63. The average Bonchev–Trinajstić information content (AvgIpc) is 3.05. The highest BCUT2D eigenvalue weighted by atomic mass is 32.2. The molecule has 1 atom stereocenters. The number of thiocarbonyl (C=S) groups is 1. The Bertz CT molecular complexity index is 1210. The van der Waals surface area contributed by atoms with E-state index in [9.17, 15) is 14.9 Å². The topological polar surface area (TPSA) is 78.1 Å². The predicted molar refractivity (Wildman–Crippen MR) is 134 cm³/mol. The smallest absolute Gasteiger partial charge is 0.270 e.